The second-order valence-corrected chi connectivity index (χ2v) is 10.4. The van der Waals surface area contributed by atoms with Crippen LogP contribution in [0.15, 0.2) is 13.2 Å². The zero-order valence-electron chi connectivity index (χ0n) is 19.3. The monoisotopic (exact) mass is 362 g/mol. The summed E-state index contributed by atoms with van der Waals surface area (Å²) >= 11 is 0. The predicted octanol–water partition coefficient (Wildman–Crippen LogP) is 8.77. The molecule has 26 heavy (non-hydrogen) atoms. The zero-order valence-corrected chi connectivity index (χ0v) is 19.3. The molecule has 2 fully saturated rings. The van der Waals surface area contributed by atoms with Crippen molar-refractivity contribution < 1.29 is 0 Å². The van der Waals surface area contributed by atoms with Gasteiger partial charge >= 0.3 is 0 Å². The van der Waals surface area contributed by atoms with Gasteiger partial charge < -0.3 is 0 Å². The Balaban J connectivity index is 0.00000163. The topological polar surface area (TPSA) is 0 Å². The van der Waals surface area contributed by atoms with Gasteiger partial charge in [-0.05, 0) is 85.4 Å². The van der Waals surface area contributed by atoms with Crippen LogP contribution in [0.3, 0.4) is 0 Å². The third kappa shape index (κ3) is 5.87. The van der Waals surface area contributed by atoms with Crippen molar-refractivity contribution in [2.24, 2.45) is 46.8 Å². The summed E-state index contributed by atoms with van der Waals surface area (Å²) < 4.78 is 0. The molecule has 0 nitrogen and oxygen atoms in total. The average Bonchev–Trinajstić information content (AvgIpc) is 3.36. The fourth-order valence-electron chi connectivity index (χ4n) is 6.10. The molecule has 0 aromatic heterocycles. The lowest BCUT2D eigenvalue weighted by atomic mass is 9.63. The van der Waals surface area contributed by atoms with Crippen LogP contribution in [0.5, 0.6) is 0 Å². The van der Waals surface area contributed by atoms with Crippen molar-refractivity contribution in [2.75, 3.05) is 0 Å². The lowest BCUT2D eigenvalue weighted by molar-refractivity contribution is 0.0736. The van der Waals surface area contributed by atoms with Crippen LogP contribution in [0.25, 0.3) is 0 Å². The van der Waals surface area contributed by atoms with E-state index in [1.54, 1.807) is 6.42 Å². The molecule has 2 saturated carbocycles. The highest BCUT2D eigenvalue weighted by molar-refractivity contribution is 5.07. The molecule has 0 aromatic carbocycles. The van der Waals surface area contributed by atoms with Crippen molar-refractivity contribution >= 4 is 0 Å². The second-order valence-electron chi connectivity index (χ2n) is 10.4. The molecule has 0 N–H and O–H groups in total. The van der Waals surface area contributed by atoms with Gasteiger partial charge in [-0.15, -0.1) is 13.2 Å². The first-order chi connectivity index (χ1) is 12.3. The second kappa shape index (κ2) is 10.9. The molecule has 0 aliphatic heterocycles. The van der Waals surface area contributed by atoms with Gasteiger partial charge in [0.25, 0.3) is 0 Å². The standard InChI is InChI=1S/C24H46.C2H4/c1-8-10-19(7)11-12-22-16-24(22,9-2)23-14-20(17(3)4)13-21(15-23)18(5)6;1-2/h17-23H,8-16H2,1-7H3;1-2H2/t19-,20?,21?,22?,23?,24?;/m1./s1. The Morgan fingerprint density at radius 2 is 1.38 bits per heavy atom. The number of hydrogen-bond donors (Lipinski definition) is 0. The van der Waals surface area contributed by atoms with Crippen molar-refractivity contribution in [3.05, 3.63) is 13.2 Å². The van der Waals surface area contributed by atoms with E-state index in [9.17, 15) is 0 Å². The lowest BCUT2D eigenvalue weighted by Crippen LogP contribution is -2.33. The molecule has 2 aliphatic carbocycles. The molecule has 0 heterocycles. The van der Waals surface area contributed by atoms with E-state index < -0.39 is 0 Å². The first kappa shape index (κ1) is 23.8. The van der Waals surface area contributed by atoms with E-state index in [0.717, 1.165) is 46.8 Å². The predicted molar refractivity (Wildman–Crippen MR) is 119 cm³/mol. The summed E-state index contributed by atoms with van der Waals surface area (Å²) in [5.74, 6) is 6.77. The van der Waals surface area contributed by atoms with Crippen LogP contribution in [0.1, 0.15) is 106 Å². The van der Waals surface area contributed by atoms with Crippen LogP contribution in [0, 0.1) is 46.8 Å². The molecule has 0 heteroatoms. The van der Waals surface area contributed by atoms with Crippen LogP contribution < -0.4 is 0 Å². The third-order valence-electron chi connectivity index (χ3n) is 8.21. The maximum atomic E-state index is 3.00. The highest BCUT2D eigenvalue weighted by atomic mass is 14.6. The summed E-state index contributed by atoms with van der Waals surface area (Å²) in [7, 11) is 0. The molecule has 0 saturated heterocycles. The van der Waals surface area contributed by atoms with Crippen LogP contribution in [-0.2, 0) is 0 Å². The van der Waals surface area contributed by atoms with Crippen LogP contribution in [-0.4, -0.2) is 0 Å². The summed E-state index contributed by atoms with van der Waals surface area (Å²) in [5, 5.41) is 0. The van der Waals surface area contributed by atoms with Gasteiger partial charge in [0, 0.05) is 0 Å². The molecule has 0 spiro atoms. The van der Waals surface area contributed by atoms with Gasteiger partial charge in [-0.25, -0.2) is 0 Å². The molecule has 4 unspecified atom stereocenters. The Kier molecular flexibility index (Phi) is 9.98. The van der Waals surface area contributed by atoms with Crippen molar-refractivity contribution in [1.82, 2.24) is 0 Å². The van der Waals surface area contributed by atoms with Gasteiger partial charge in [0.05, 0.1) is 0 Å². The molecule has 2 rings (SSSR count). The van der Waals surface area contributed by atoms with E-state index in [-0.39, 0.29) is 0 Å². The maximum absolute atomic E-state index is 3.00. The van der Waals surface area contributed by atoms with Gasteiger partial charge in [-0.3, -0.25) is 0 Å². The van der Waals surface area contributed by atoms with E-state index in [1.165, 1.54) is 51.4 Å². The van der Waals surface area contributed by atoms with Gasteiger partial charge in [0.1, 0.15) is 0 Å². The number of rotatable bonds is 9. The van der Waals surface area contributed by atoms with E-state index in [1.807, 2.05) is 0 Å². The molecule has 2 aliphatic rings. The first-order valence-electron chi connectivity index (χ1n) is 11.8. The fraction of sp³-hybridized carbons (Fsp3) is 0.923. The zero-order chi connectivity index (χ0) is 19.9. The van der Waals surface area contributed by atoms with E-state index in [2.05, 4.69) is 61.6 Å². The molecule has 0 bridgehead atoms. The van der Waals surface area contributed by atoms with E-state index >= 15 is 0 Å². The first-order valence-corrected chi connectivity index (χ1v) is 11.8. The van der Waals surface area contributed by atoms with Crippen molar-refractivity contribution in [3.8, 4) is 0 Å². The van der Waals surface area contributed by atoms with E-state index in [0.29, 0.717) is 0 Å². The smallest absolute Gasteiger partial charge is 0.0240 e. The highest BCUT2D eigenvalue weighted by Gasteiger charge is 2.57. The van der Waals surface area contributed by atoms with Crippen molar-refractivity contribution in [1.29, 1.82) is 0 Å². The van der Waals surface area contributed by atoms with Crippen LogP contribution in [0.2, 0.25) is 0 Å². The van der Waals surface area contributed by atoms with Crippen molar-refractivity contribution in [2.45, 2.75) is 106 Å². The Bertz CT molecular complexity index is 365. The summed E-state index contributed by atoms with van der Waals surface area (Å²) in [6.07, 6.45) is 13.4. The summed E-state index contributed by atoms with van der Waals surface area (Å²) in [6.45, 7) is 23.2. The Morgan fingerprint density at radius 1 is 0.846 bits per heavy atom. The SMILES string of the molecule is C=C.CCC[C@@H](C)CCC1CC1(CC)C1CC(C(C)C)CC(C(C)C)C1. The molecular weight excluding hydrogens is 312 g/mol. The molecule has 0 radical (unpaired) electrons. The Hall–Kier alpha value is -0.260. The van der Waals surface area contributed by atoms with Gasteiger partial charge in [-0.2, -0.15) is 0 Å². The Morgan fingerprint density at radius 3 is 1.81 bits per heavy atom. The average molecular weight is 363 g/mol. The minimum absolute atomic E-state index is 0.743. The van der Waals surface area contributed by atoms with Crippen LogP contribution in [0.4, 0.5) is 0 Å². The summed E-state index contributed by atoms with van der Waals surface area (Å²) in [6, 6.07) is 0. The maximum Gasteiger partial charge on any atom is -0.0240 e. The molecule has 0 aromatic rings. The number of hydrogen-bond acceptors (Lipinski definition) is 0. The van der Waals surface area contributed by atoms with Gasteiger partial charge in [0.2, 0.25) is 0 Å². The molecule has 154 valence electrons. The van der Waals surface area contributed by atoms with Crippen molar-refractivity contribution in [3.63, 3.8) is 0 Å². The summed E-state index contributed by atoms with van der Waals surface area (Å²) in [4.78, 5) is 0. The quantitative estimate of drug-likeness (QED) is 0.359. The highest BCUT2D eigenvalue weighted by Crippen LogP contribution is 2.66. The molecular formula is C26H50. The molecule has 0 amide bonds. The normalized spacial score (nSPS) is 35.1. The van der Waals surface area contributed by atoms with Crippen LogP contribution >= 0.6 is 0 Å². The van der Waals surface area contributed by atoms with Gasteiger partial charge in [0.15, 0.2) is 0 Å². The largest absolute Gasteiger partial charge is 0.106 e. The lowest BCUT2D eigenvalue weighted by Gasteiger charge is -2.43. The minimum atomic E-state index is 0.743. The fourth-order valence-corrected chi connectivity index (χ4v) is 6.10. The summed E-state index contributed by atoms with van der Waals surface area (Å²) in [5.41, 5.74) is 0.743. The minimum Gasteiger partial charge on any atom is -0.106 e. The molecule has 5 atom stereocenters. The Labute approximate surface area is 166 Å². The van der Waals surface area contributed by atoms with E-state index in [4.69, 9.17) is 0 Å². The third-order valence-corrected chi connectivity index (χ3v) is 8.21. The van der Waals surface area contributed by atoms with Gasteiger partial charge in [-0.1, -0.05) is 67.7 Å².